The quantitative estimate of drug-likeness (QED) is 0.772. The van der Waals surface area contributed by atoms with E-state index in [0.29, 0.717) is 5.75 Å². The van der Waals surface area contributed by atoms with Crippen molar-refractivity contribution in [2.45, 2.75) is 31.1 Å². The summed E-state index contributed by atoms with van der Waals surface area (Å²) in [5.41, 5.74) is 1.40. The van der Waals surface area contributed by atoms with Gasteiger partial charge in [-0.25, -0.2) is 13.6 Å². The van der Waals surface area contributed by atoms with E-state index in [4.69, 9.17) is 14.3 Å². The summed E-state index contributed by atoms with van der Waals surface area (Å²) in [6, 6.07) is 12.1. The fraction of sp³-hybridized carbons (Fsp3) is 0.222. The highest BCUT2D eigenvalue weighted by molar-refractivity contribution is 7.89. The van der Waals surface area contributed by atoms with Crippen molar-refractivity contribution in [1.29, 1.82) is 0 Å². The van der Waals surface area contributed by atoms with E-state index in [2.05, 4.69) is 0 Å². The molecule has 0 aliphatic carbocycles. The normalized spacial score (nSPS) is 12.5. The third-order valence-corrected chi connectivity index (χ3v) is 4.70. The molecule has 0 aliphatic rings. The van der Waals surface area contributed by atoms with Crippen molar-refractivity contribution in [3.63, 3.8) is 0 Å². The number of rotatable bonds is 3. The second-order valence-corrected chi connectivity index (χ2v) is 8.21. The van der Waals surface area contributed by atoms with Gasteiger partial charge in [-0.3, -0.25) is 0 Å². The second kappa shape index (κ2) is 5.65. The van der Waals surface area contributed by atoms with Crippen LogP contribution in [-0.4, -0.2) is 8.42 Å². The Labute approximate surface area is 141 Å². The Kier molecular flexibility index (Phi) is 3.89. The molecule has 1 aromatic heterocycles. The molecular formula is C18H19NO4S. The Morgan fingerprint density at radius 1 is 1.04 bits per heavy atom. The molecule has 2 N–H and O–H groups in total. The molecule has 0 radical (unpaired) electrons. The first-order valence-electron chi connectivity index (χ1n) is 7.47. The van der Waals surface area contributed by atoms with Gasteiger partial charge in [0.1, 0.15) is 22.0 Å². The standard InChI is InChI=1S/C18H19NO4S/c1-18(2,3)13-4-6-16(17(11-13)24(19,20)21)23-14-5-7-15-12(10-14)8-9-22-15/h4-11H,1-3H3,(H2,19,20,21). The molecule has 1 heterocycles. The number of nitrogens with two attached hydrogens (primary N) is 1. The maximum atomic E-state index is 12.0. The molecule has 2 aromatic carbocycles. The zero-order valence-electron chi connectivity index (χ0n) is 13.7. The van der Waals surface area contributed by atoms with Gasteiger partial charge in [-0.1, -0.05) is 26.8 Å². The number of hydrogen-bond acceptors (Lipinski definition) is 4. The van der Waals surface area contributed by atoms with E-state index in [1.807, 2.05) is 32.9 Å². The Balaban J connectivity index is 2.06. The molecular weight excluding hydrogens is 326 g/mol. The van der Waals surface area contributed by atoms with Gasteiger partial charge in [0.05, 0.1) is 6.26 Å². The lowest BCUT2D eigenvalue weighted by molar-refractivity contribution is 0.466. The van der Waals surface area contributed by atoms with Gasteiger partial charge in [0.25, 0.3) is 0 Å². The first-order chi connectivity index (χ1) is 11.1. The van der Waals surface area contributed by atoms with E-state index >= 15 is 0 Å². The summed E-state index contributed by atoms with van der Waals surface area (Å²) in [7, 11) is -3.91. The van der Waals surface area contributed by atoms with E-state index in [9.17, 15) is 8.42 Å². The second-order valence-electron chi connectivity index (χ2n) is 6.68. The van der Waals surface area contributed by atoms with Crippen LogP contribution in [0.25, 0.3) is 11.0 Å². The van der Waals surface area contributed by atoms with E-state index in [1.165, 1.54) is 0 Å². The van der Waals surface area contributed by atoms with Crippen molar-refractivity contribution in [2.75, 3.05) is 0 Å². The number of primary sulfonamides is 1. The molecule has 126 valence electrons. The first-order valence-corrected chi connectivity index (χ1v) is 9.02. The first kappa shape index (κ1) is 16.5. The molecule has 0 aliphatic heterocycles. The minimum Gasteiger partial charge on any atom is -0.464 e. The third kappa shape index (κ3) is 3.29. The molecule has 3 aromatic rings. The highest BCUT2D eigenvalue weighted by Crippen LogP contribution is 2.34. The molecule has 3 rings (SSSR count). The van der Waals surface area contributed by atoms with Crippen LogP contribution < -0.4 is 9.88 Å². The monoisotopic (exact) mass is 345 g/mol. The van der Waals surface area contributed by atoms with Crippen molar-refractivity contribution in [3.05, 3.63) is 54.3 Å². The Hall–Kier alpha value is -2.31. The summed E-state index contributed by atoms with van der Waals surface area (Å²) in [5.74, 6) is 0.714. The van der Waals surface area contributed by atoms with Gasteiger partial charge in [0, 0.05) is 5.39 Å². The molecule has 0 saturated carbocycles. The summed E-state index contributed by atoms with van der Waals surface area (Å²) in [5, 5.41) is 6.25. The Morgan fingerprint density at radius 3 is 2.46 bits per heavy atom. The molecule has 0 fully saturated rings. The van der Waals surface area contributed by atoms with Gasteiger partial charge in [-0.15, -0.1) is 0 Å². The molecule has 5 nitrogen and oxygen atoms in total. The number of benzene rings is 2. The van der Waals surface area contributed by atoms with Crippen LogP contribution in [0.3, 0.4) is 0 Å². The molecule has 0 bridgehead atoms. The Morgan fingerprint density at radius 2 is 1.79 bits per heavy atom. The SMILES string of the molecule is CC(C)(C)c1ccc(Oc2ccc3occc3c2)c(S(N)(=O)=O)c1. The van der Waals surface area contributed by atoms with Gasteiger partial charge in [-0.05, 0) is 47.4 Å². The highest BCUT2D eigenvalue weighted by atomic mass is 32.2. The van der Waals surface area contributed by atoms with E-state index in [-0.39, 0.29) is 16.1 Å². The summed E-state index contributed by atoms with van der Waals surface area (Å²) in [6.45, 7) is 6.01. The summed E-state index contributed by atoms with van der Waals surface area (Å²) in [4.78, 5) is -0.0257. The number of furan rings is 1. The molecule has 24 heavy (non-hydrogen) atoms. The summed E-state index contributed by atoms with van der Waals surface area (Å²) in [6.07, 6.45) is 1.59. The average molecular weight is 345 g/mol. The van der Waals surface area contributed by atoms with Crippen molar-refractivity contribution in [3.8, 4) is 11.5 Å². The molecule has 0 atom stereocenters. The van der Waals surface area contributed by atoms with Crippen LogP contribution in [0.1, 0.15) is 26.3 Å². The van der Waals surface area contributed by atoms with Crippen LogP contribution >= 0.6 is 0 Å². The molecule has 0 saturated heterocycles. The van der Waals surface area contributed by atoms with Crippen LogP contribution in [0.2, 0.25) is 0 Å². The largest absolute Gasteiger partial charge is 0.464 e. The van der Waals surface area contributed by atoms with Gasteiger partial charge < -0.3 is 9.15 Å². The molecule has 0 unspecified atom stereocenters. The van der Waals surface area contributed by atoms with Gasteiger partial charge in [0.15, 0.2) is 0 Å². The fourth-order valence-electron chi connectivity index (χ4n) is 2.42. The van der Waals surface area contributed by atoms with Crippen LogP contribution in [0.5, 0.6) is 11.5 Å². The van der Waals surface area contributed by atoms with Crippen molar-refractivity contribution >= 4 is 21.0 Å². The molecule has 0 amide bonds. The van der Waals surface area contributed by atoms with Crippen molar-refractivity contribution in [2.24, 2.45) is 5.14 Å². The van der Waals surface area contributed by atoms with Gasteiger partial charge in [-0.2, -0.15) is 0 Å². The minimum atomic E-state index is -3.91. The van der Waals surface area contributed by atoms with E-state index in [1.54, 1.807) is 36.6 Å². The van der Waals surface area contributed by atoms with Crippen molar-refractivity contribution < 1.29 is 17.6 Å². The lowest BCUT2D eigenvalue weighted by Gasteiger charge is -2.21. The third-order valence-electron chi connectivity index (χ3n) is 3.77. The topological polar surface area (TPSA) is 82.5 Å². The number of ether oxygens (including phenoxy) is 1. The summed E-state index contributed by atoms with van der Waals surface area (Å²) < 4.78 is 35.0. The zero-order valence-corrected chi connectivity index (χ0v) is 14.6. The maximum absolute atomic E-state index is 12.0. The van der Waals surface area contributed by atoms with Gasteiger partial charge in [0.2, 0.25) is 10.0 Å². The number of fused-ring (bicyclic) bond motifs is 1. The lowest BCUT2D eigenvalue weighted by atomic mass is 9.87. The zero-order chi connectivity index (χ0) is 17.5. The maximum Gasteiger partial charge on any atom is 0.241 e. The van der Waals surface area contributed by atoms with Crippen LogP contribution in [0, 0.1) is 0 Å². The van der Waals surface area contributed by atoms with E-state index < -0.39 is 10.0 Å². The van der Waals surface area contributed by atoms with Gasteiger partial charge >= 0.3 is 0 Å². The van der Waals surface area contributed by atoms with Crippen LogP contribution in [-0.2, 0) is 15.4 Å². The number of sulfonamides is 1. The highest BCUT2D eigenvalue weighted by Gasteiger charge is 2.21. The lowest BCUT2D eigenvalue weighted by Crippen LogP contribution is -2.17. The fourth-order valence-corrected chi connectivity index (χ4v) is 3.10. The smallest absolute Gasteiger partial charge is 0.241 e. The minimum absolute atomic E-state index is 0.0257. The Bertz CT molecular complexity index is 997. The van der Waals surface area contributed by atoms with Crippen LogP contribution in [0.15, 0.2) is 58.0 Å². The number of hydrogen-bond donors (Lipinski definition) is 1. The predicted octanol–water partition coefficient (Wildman–Crippen LogP) is 4.17. The summed E-state index contributed by atoms with van der Waals surface area (Å²) >= 11 is 0. The average Bonchev–Trinajstić information content (AvgIpc) is 2.93. The predicted molar refractivity (Wildman–Crippen MR) is 92.8 cm³/mol. The molecule has 0 spiro atoms. The molecule has 6 heteroatoms. The van der Waals surface area contributed by atoms with Crippen LogP contribution in [0.4, 0.5) is 0 Å². The van der Waals surface area contributed by atoms with Crippen molar-refractivity contribution in [1.82, 2.24) is 0 Å². The van der Waals surface area contributed by atoms with E-state index in [0.717, 1.165) is 16.5 Å².